The van der Waals surface area contributed by atoms with Crippen LogP contribution >= 0.6 is 0 Å². The average molecular weight is 134 g/mol. The predicted octanol–water partition coefficient (Wildman–Crippen LogP) is -0.501. The van der Waals surface area contributed by atoms with Crippen molar-refractivity contribution in [2.45, 2.75) is 38.6 Å². The van der Waals surface area contributed by atoms with Gasteiger partial charge in [0.05, 0.1) is 11.7 Å². The van der Waals surface area contributed by atoms with Crippen LogP contribution in [-0.4, -0.2) is 33.1 Å². The minimum absolute atomic E-state index is 0.884. The zero-order valence-corrected chi connectivity index (χ0v) is 6.00. The fourth-order valence-corrected chi connectivity index (χ4v) is 0.590. The van der Waals surface area contributed by atoms with E-state index in [4.69, 9.17) is 15.3 Å². The zero-order valence-electron chi connectivity index (χ0n) is 6.00. The monoisotopic (exact) mass is 134 g/mol. The van der Waals surface area contributed by atoms with E-state index in [1.807, 2.05) is 0 Å². The Morgan fingerprint density at radius 1 is 1.22 bits per heavy atom. The molecule has 0 rings (SSSR count). The first-order chi connectivity index (χ1) is 3.85. The molecule has 0 aromatic heterocycles. The smallest absolute Gasteiger partial charge is 0.108 e. The molecular formula is C6H14O3. The van der Waals surface area contributed by atoms with E-state index in [2.05, 4.69) is 0 Å². The van der Waals surface area contributed by atoms with Crippen molar-refractivity contribution in [1.82, 2.24) is 0 Å². The molecule has 2 atom stereocenters. The lowest BCUT2D eigenvalue weighted by Crippen LogP contribution is -2.43. The fourth-order valence-electron chi connectivity index (χ4n) is 0.590. The van der Waals surface area contributed by atoms with Gasteiger partial charge in [-0.15, -0.1) is 0 Å². The van der Waals surface area contributed by atoms with Gasteiger partial charge in [-0.25, -0.2) is 0 Å². The van der Waals surface area contributed by atoms with E-state index in [0.29, 0.717) is 0 Å². The van der Waals surface area contributed by atoms with Crippen molar-refractivity contribution in [1.29, 1.82) is 0 Å². The van der Waals surface area contributed by atoms with Gasteiger partial charge in [0, 0.05) is 0 Å². The predicted molar refractivity (Wildman–Crippen MR) is 34.0 cm³/mol. The van der Waals surface area contributed by atoms with Crippen molar-refractivity contribution in [3.63, 3.8) is 0 Å². The van der Waals surface area contributed by atoms with Gasteiger partial charge >= 0.3 is 0 Å². The summed E-state index contributed by atoms with van der Waals surface area (Å²) in [6.07, 6.45) is -1.96. The fraction of sp³-hybridized carbons (Fsp3) is 1.00. The van der Waals surface area contributed by atoms with Gasteiger partial charge in [-0.3, -0.25) is 0 Å². The molecule has 0 aromatic carbocycles. The van der Waals surface area contributed by atoms with Gasteiger partial charge in [0.25, 0.3) is 0 Å². The molecule has 0 amide bonds. The highest BCUT2D eigenvalue weighted by Crippen LogP contribution is 2.10. The van der Waals surface area contributed by atoms with Crippen LogP contribution in [0.15, 0.2) is 0 Å². The van der Waals surface area contributed by atoms with E-state index in [-0.39, 0.29) is 0 Å². The third-order valence-corrected chi connectivity index (χ3v) is 1.18. The Balaban J connectivity index is 3.88. The summed E-state index contributed by atoms with van der Waals surface area (Å²) in [5, 5.41) is 26.8. The van der Waals surface area contributed by atoms with E-state index in [1.54, 1.807) is 0 Å². The maximum Gasteiger partial charge on any atom is 0.108 e. The average Bonchev–Trinajstić information content (AvgIpc) is 1.62. The third-order valence-electron chi connectivity index (χ3n) is 1.18. The first kappa shape index (κ1) is 8.88. The Morgan fingerprint density at radius 2 is 1.56 bits per heavy atom. The standard InChI is InChI=1S/C6H14O3/c1-4(7)5(8)6(2,3)9/h4-5,7-9H,1-3H3. The van der Waals surface area contributed by atoms with E-state index < -0.39 is 17.8 Å². The van der Waals surface area contributed by atoms with Crippen LogP contribution in [-0.2, 0) is 0 Å². The van der Waals surface area contributed by atoms with E-state index >= 15 is 0 Å². The van der Waals surface area contributed by atoms with Gasteiger partial charge in [0.1, 0.15) is 6.10 Å². The maximum absolute atomic E-state index is 9.05. The first-order valence-electron chi connectivity index (χ1n) is 2.94. The van der Waals surface area contributed by atoms with Crippen molar-refractivity contribution < 1.29 is 15.3 Å². The summed E-state index contributed by atoms with van der Waals surface area (Å²) in [5.74, 6) is 0. The quantitative estimate of drug-likeness (QED) is 0.477. The number of aliphatic hydroxyl groups excluding tert-OH is 2. The van der Waals surface area contributed by atoms with E-state index in [0.717, 1.165) is 0 Å². The van der Waals surface area contributed by atoms with Gasteiger partial charge in [-0.1, -0.05) is 0 Å². The summed E-state index contributed by atoms with van der Waals surface area (Å²) in [4.78, 5) is 0. The number of aliphatic hydroxyl groups is 3. The van der Waals surface area contributed by atoms with Crippen LogP contribution in [0.2, 0.25) is 0 Å². The first-order valence-corrected chi connectivity index (χ1v) is 2.94. The minimum atomic E-state index is -1.21. The molecule has 3 N–H and O–H groups in total. The summed E-state index contributed by atoms with van der Waals surface area (Å²) in [7, 11) is 0. The van der Waals surface area contributed by atoms with Crippen LogP contribution in [0, 0.1) is 0 Å². The van der Waals surface area contributed by atoms with Crippen molar-refractivity contribution in [2.24, 2.45) is 0 Å². The highest BCUT2D eigenvalue weighted by atomic mass is 16.4. The lowest BCUT2D eigenvalue weighted by molar-refractivity contribution is -0.0997. The molecule has 3 nitrogen and oxygen atoms in total. The highest BCUT2D eigenvalue weighted by Gasteiger charge is 2.28. The maximum atomic E-state index is 9.05. The molecule has 56 valence electrons. The SMILES string of the molecule is CC(O)C(O)C(C)(C)O. The van der Waals surface area contributed by atoms with Crippen LogP contribution in [0.4, 0.5) is 0 Å². The van der Waals surface area contributed by atoms with Crippen molar-refractivity contribution >= 4 is 0 Å². The second-order valence-electron chi connectivity index (χ2n) is 2.84. The van der Waals surface area contributed by atoms with E-state index in [9.17, 15) is 0 Å². The highest BCUT2D eigenvalue weighted by molar-refractivity contribution is 4.79. The second kappa shape index (κ2) is 2.64. The molecule has 0 bridgehead atoms. The Hall–Kier alpha value is -0.120. The minimum Gasteiger partial charge on any atom is -0.391 e. The van der Waals surface area contributed by atoms with Crippen molar-refractivity contribution in [2.75, 3.05) is 0 Å². The molecule has 0 radical (unpaired) electrons. The Kier molecular flexibility index (Phi) is 2.61. The van der Waals surface area contributed by atoms with Crippen molar-refractivity contribution in [3.8, 4) is 0 Å². The summed E-state index contributed by atoms with van der Waals surface area (Å²) in [5.41, 5.74) is -1.21. The van der Waals surface area contributed by atoms with Crippen LogP contribution in [0.3, 0.4) is 0 Å². The zero-order chi connectivity index (χ0) is 7.65. The summed E-state index contributed by atoms with van der Waals surface area (Å²) < 4.78 is 0. The Morgan fingerprint density at radius 3 is 1.56 bits per heavy atom. The van der Waals surface area contributed by atoms with E-state index in [1.165, 1.54) is 20.8 Å². The van der Waals surface area contributed by atoms with Gasteiger partial charge in [0.15, 0.2) is 0 Å². The largest absolute Gasteiger partial charge is 0.391 e. The molecule has 0 aliphatic carbocycles. The van der Waals surface area contributed by atoms with Crippen LogP contribution < -0.4 is 0 Å². The summed E-state index contributed by atoms with van der Waals surface area (Å²) in [6.45, 7) is 4.33. The number of hydrogen-bond donors (Lipinski definition) is 3. The lowest BCUT2D eigenvalue weighted by Gasteiger charge is -2.26. The molecule has 3 heteroatoms. The Labute approximate surface area is 54.9 Å². The van der Waals surface area contributed by atoms with Gasteiger partial charge in [0.2, 0.25) is 0 Å². The van der Waals surface area contributed by atoms with Crippen LogP contribution in [0.25, 0.3) is 0 Å². The molecular weight excluding hydrogens is 120 g/mol. The lowest BCUT2D eigenvalue weighted by atomic mass is 9.98. The van der Waals surface area contributed by atoms with Crippen molar-refractivity contribution in [3.05, 3.63) is 0 Å². The molecule has 0 aromatic rings. The molecule has 0 fully saturated rings. The van der Waals surface area contributed by atoms with Gasteiger partial charge in [-0.05, 0) is 20.8 Å². The molecule has 9 heavy (non-hydrogen) atoms. The molecule has 0 heterocycles. The summed E-state index contributed by atoms with van der Waals surface area (Å²) in [6, 6.07) is 0. The molecule has 0 aliphatic heterocycles. The normalized spacial score (nSPS) is 19.3. The van der Waals surface area contributed by atoms with Gasteiger partial charge < -0.3 is 15.3 Å². The second-order valence-corrected chi connectivity index (χ2v) is 2.84. The molecule has 2 unspecified atom stereocenters. The summed E-state index contributed by atoms with van der Waals surface area (Å²) >= 11 is 0. The van der Waals surface area contributed by atoms with Crippen LogP contribution in [0.1, 0.15) is 20.8 Å². The van der Waals surface area contributed by atoms with Crippen LogP contribution in [0.5, 0.6) is 0 Å². The number of rotatable bonds is 2. The molecule has 0 saturated carbocycles. The Bertz CT molecular complexity index is 82.8. The molecule has 0 aliphatic rings. The topological polar surface area (TPSA) is 60.7 Å². The van der Waals surface area contributed by atoms with Gasteiger partial charge in [-0.2, -0.15) is 0 Å². The number of hydrogen-bond acceptors (Lipinski definition) is 3. The third kappa shape index (κ3) is 2.79. The molecule has 0 saturated heterocycles. The molecule has 0 spiro atoms.